The van der Waals surface area contributed by atoms with E-state index in [1.807, 2.05) is 12.1 Å². The van der Waals surface area contributed by atoms with E-state index in [-0.39, 0.29) is 18.4 Å². The van der Waals surface area contributed by atoms with Gasteiger partial charge in [-0.3, -0.25) is 9.59 Å². The summed E-state index contributed by atoms with van der Waals surface area (Å²) < 4.78 is 10.5. The molecule has 1 aromatic rings. The molecule has 1 aromatic carbocycles. The maximum absolute atomic E-state index is 11.6. The van der Waals surface area contributed by atoms with Gasteiger partial charge in [-0.05, 0) is 37.3 Å². The number of halogens is 1. The number of carbonyl (C=O) groups is 2. The Labute approximate surface area is 134 Å². The van der Waals surface area contributed by atoms with Crippen molar-refractivity contribution < 1.29 is 19.1 Å². The number of hydrogen-bond acceptors (Lipinski definition) is 4. The quantitative estimate of drug-likeness (QED) is 0.560. The van der Waals surface area contributed by atoms with Gasteiger partial charge in [-0.15, -0.1) is 0 Å². The van der Waals surface area contributed by atoms with Gasteiger partial charge in [0, 0.05) is 6.42 Å². The fourth-order valence-electron chi connectivity index (χ4n) is 1.78. The zero-order valence-corrected chi connectivity index (χ0v) is 13.1. The second-order valence-electron chi connectivity index (χ2n) is 5.29. The van der Waals surface area contributed by atoms with Crippen molar-refractivity contribution in [1.29, 1.82) is 0 Å². The number of amides is 1. The van der Waals surface area contributed by atoms with E-state index in [1.54, 1.807) is 12.1 Å². The minimum absolute atomic E-state index is 0.0725. The van der Waals surface area contributed by atoms with E-state index in [0.717, 1.165) is 12.8 Å². The third-order valence-electron chi connectivity index (χ3n) is 3.25. The molecule has 1 aliphatic carbocycles. The minimum Gasteiger partial charge on any atom is -0.492 e. The van der Waals surface area contributed by atoms with Crippen LogP contribution in [0.25, 0.3) is 0 Å². The van der Waals surface area contributed by atoms with E-state index in [2.05, 4.69) is 5.32 Å². The monoisotopic (exact) mass is 325 g/mol. The van der Waals surface area contributed by atoms with Crippen LogP contribution in [0.15, 0.2) is 24.3 Å². The number of esters is 1. The van der Waals surface area contributed by atoms with Crippen LogP contribution in [-0.2, 0) is 14.3 Å². The summed E-state index contributed by atoms with van der Waals surface area (Å²) in [6.45, 7) is 0.792. The lowest BCUT2D eigenvalue weighted by Gasteiger charge is -2.08. The minimum atomic E-state index is -0.382. The standard InChI is InChI=1S/C16H20ClNO4/c17-13-4-1-2-5-14(13)21-9-3-6-15(19)18-10-16(20)22-11-12-7-8-12/h1-2,4-5,12H,3,6-11H2,(H,18,19). The molecule has 0 aliphatic heterocycles. The van der Waals surface area contributed by atoms with Gasteiger partial charge in [-0.2, -0.15) is 0 Å². The molecule has 0 heterocycles. The van der Waals surface area contributed by atoms with E-state index in [9.17, 15) is 9.59 Å². The molecule has 0 bridgehead atoms. The van der Waals surface area contributed by atoms with Crippen molar-refractivity contribution in [2.45, 2.75) is 25.7 Å². The smallest absolute Gasteiger partial charge is 0.325 e. The van der Waals surface area contributed by atoms with Crippen LogP contribution in [0.5, 0.6) is 5.75 Å². The zero-order chi connectivity index (χ0) is 15.8. The zero-order valence-electron chi connectivity index (χ0n) is 12.3. The average Bonchev–Trinajstić information content (AvgIpc) is 3.33. The van der Waals surface area contributed by atoms with E-state index in [4.69, 9.17) is 21.1 Å². The lowest BCUT2D eigenvalue weighted by atomic mass is 10.3. The lowest BCUT2D eigenvalue weighted by Crippen LogP contribution is -2.31. The number of rotatable bonds is 9. The first kappa shape index (κ1) is 16.6. The van der Waals surface area contributed by atoms with Crippen molar-refractivity contribution >= 4 is 23.5 Å². The Balaban J connectivity index is 1.52. The SMILES string of the molecule is O=C(CCCOc1ccccc1Cl)NCC(=O)OCC1CC1. The van der Waals surface area contributed by atoms with Crippen LogP contribution in [0.3, 0.4) is 0 Å². The molecule has 6 heteroatoms. The fourth-order valence-corrected chi connectivity index (χ4v) is 1.97. The van der Waals surface area contributed by atoms with E-state index >= 15 is 0 Å². The summed E-state index contributed by atoms with van der Waals surface area (Å²) in [6.07, 6.45) is 3.10. The number of ether oxygens (including phenoxy) is 2. The Morgan fingerprint density at radius 1 is 1.27 bits per heavy atom. The summed E-state index contributed by atoms with van der Waals surface area (Å²) in [5.74, 6) is 0.563. The summed E-state index contributed by atoms with van der Waals surface area (Å²) in [5, 5.41) is 3.09. The normalized spacial score (nSPS) is 13.5. The highest BCUT2D eigenvalue weighted by atomic mass is 35.5. The van der Waals surface area contributed by atoms with Gasteiger partial charge in [0.05, 0.1) is 18.2 Å². The molecule has 1 N–H and O–H groups in total. The van der Waals surface area contributed by atoms with Crippen LogP contribution >= 0.6 is 11.6 Å². The number of hydrogen-bond donors (Lipinski definition) is 1. The Kier molecular flexibility index (Phi) is 6.52. The van der Waals surface area contributed by atoms with Crippen molar-refractivity contribution in [2.24, 2.45) is 5.92 Å². The van der Waals surface area contributed by atoms with Gasteiger partial charge in [0.25, 0.3) is 0 Å². The topological polar surface area (TPSA) is 64.6 Å². The molecule has 1 fully saturated rings. The highest BCUT2D eigenvalue weighted by Gasteiger charge is 2.22. The molecule has 2 rings (SSSR count). The summed E-state index contributed by atoms with van der Waals surface area (Å²) in [6, 6.07) is 7.18. The van der Waals surface area contributed by atoms with Crippen molar-refractivity contribution in [1.82, 2.24) is 5.32 Å². The molecule has 5 nitrogen and oxygen atoms in total. The molecule has 22 heavy (non-hydrogen) atoms. The van der Waals surface area contributed by atoms with Crippen molar-refractivity contribution in [2.75, 3.05) is 19.8 Å². The van der Waals surface area contributed by atoms with Crippen molar-refractivity contribution in [3.63, 3.8) is 0 Å². The first-order valence-electron chi connectivity index (χ1n) is 7.45. The van der Waals surface area contributed by atoms with E-state index < -0.39 is 0 Å². The van der Waals surface area contributed by atoms with Gasteiger partial charge >= 0.3 is 5.97 Å². The van der Waals surface area contributed by atoms with Gasteiger partial charge in [0.1, 0.15) is 12.3 Å². The highest BCUT2D eigenvalue weighted by molar-refractivity contribution is 6.32. The number of benzene rings is 1. The Morgan fingerprint density at radius 2 is 2.05 bits per heavy atom. The molecule has 0 radical (unpaired) electrons. The predicted octanol–water partition coefficient (Wildman–Crippen LogP) is 2.57. The summed E-state index contributed by atoms with van der Waals surface area (Å²) in [5.41, 5.74) is 0. The number of carbonyl (C=O) groups excluding carboxylic acids is 2. The van der Waals surface area contributed by atoms with Crippen molar-refractivity contribution in [3.8, 4) is 5.75 Å². The molecule has 1 saturated carbocycles. The molecule has 0 spiro atoms. The second kappa shape index (κ2) is 8.63. The van der Waals surface area contributed by atoms with Gasteiger partial charge in [0.15, 0.2) is 0 Å². The first-order chi connectivity index (χ1) is 10.6. The molecule has 0 unspecified atom stereocenters. The predicted molar refractivity (Wildman–Crippen MR) is 82.9 cm³/mol. The van der Waals surface area contributed by atoms with E-state index in [0.29, 0.717) is 42.7 Å². The van der Waals surface area contributed by atoms with E-state index in [1.165, 1.54) is 0 Å². The molecular formula is C16H20ClNO4. The molecule has 0 saturated heterocycles. The molecular weight excluding hydrogens is 306 g/mol. The highest BCUT2D eigenvalue weighted by Crippen LogP contribution is 2.28. The second-order valence-corrected chi connectivity index (χ2v) is 5.69. The summed E-state index contributed by atoms with van der Waals surface area (Å²) in [7, 11) is 0. The van der Waals surface area contributed by atoms with Crippen LogP contribution in [0.4, 0.5) is 0 Å². The Hall–Kier alpha value is -1.75. The number of nitrogens with one attached hydrogen (secondary N) is 1. The summed E-state index contributed by atoms with van der Waals surface area (Å²) >= 11 is 5.95. The maximum Gasteiger partial charge on any atom is 0.325 e. The Morgan fingerprint density at radius 3 is 2.77 bits per heavy atom. The third kappa shape index (κ3) is 6.35. The molecule has 0 aromatic heterocycles. The van der Waals surface area contributed by atoms with Crippen LogP contribution in [-0.4, -0.2) is 31.6 Å². The van der Waals surface area contributed by atoms with Gasteiger partial charge < -0.3 is 14.8 Å². The molecule has 120 valence electrons. The summed E-state index contributed by atoms with van der Waals surface area (Å²) in [4.78, 5) is 22.9. The molecule has 1 amide bonds. The van der Waals surface area contributed by atoms with Crippen LogP contribution in [0.1, 0.15) is 25.7 Å². The van der Waals surface area contributed by atoms with Gasteiger partial charge in [-0.25, -0.2) is 0 Å². The largest absolute Gasteiger partial charge is 0.492 e. The van der Waals surface area contributed by atoms with Crippen molar-refractivity contribution in [3.05, 3.63) is 29.3 Å². The fraction of sp³-hybridized carbons (Fsp3) is 0.500. The molecule has 0 atom stereocenters. The number of para-hydroxylation sites is 1. The average molecular weight is 326 g/mol. The van der Waals surface area contributed by atoms with Crippen LogP contribution < -0.4 is 10.1 Å². The van der Waals surface area contributed by atoms with Gasteiger partial charge in [-0.1, -0.05) is 23.7 Å². The first-order valence-corrected chi connectivity index (χ1v) is 7.82. The maximum atomic E-state index is 11.6. The Bertz CT molecular complexity index is 517. The lowest BCUT2D eigenvalue weighted by molar-refractivity contribution is -0.144. The van der Waals surface area contributed by atoms with Gasteiger partial charge in [0.2, 0.25) is 5.91 Å². The van der Waals surface area contributed by atoms with Crippen LogP contribution in [0, 0.1) is 5.92 Å². The third-order valence-corrected chi connectivity index (χ3v) is 3.56. The van der Waals surface area contributed by atoms with Crippen LogP contribution in [0.2, 0.25) is 5.02 Å². The molecule has 1 aliphatic rings.